The second-order valence-corrected chi connectivity index (χ2v) is 2.63. The lowest BCUT2D eigenvalue weighted by atomic mass is 10.1. The summed E-state index contributed by atoms with van der Waals surface area (Å²) in [7, 11) is 0. The Labute approximate surface area is 69.4 Å². The Bertz CT molecular complexity index is 164. The van der Waals surface area contributed by atoms with Crippen molar-refractivity contribution >= 4 is 0 Å². The molecule has 1 heteroatoms. The first-order chi connectivity index (χ1) is 5.38. The van der Waals surface area contributed by atoms with Gasteiger partial charge in [-0.1, -0.05) is 12.2 Å². The van der Waals surface area contributed by atoms with Crippen molar-refractivity contribution in [3.8, 4) is 0 Å². The Morgan fingerprint density at radius 1 is 1.36 bits per heavy atom. The minimum atomic E-state index is 1.09. The van der Waals surface area contributed by atoms with Gasteiger partial charge in [0.2, 0.25) is 0 Å². The molecule has 0 unspecified atom stereocenters. The molecule has 1 aliphatic carbocycles. The van der Waals surface area contributed by atoms with Crippen molar-refractivity contribution in [3.63, 3.8) is 0 Å². The van der Waals surface area contributed by atoms with Crippen molar-refractivity contribution < 1.29 is 0 Å². The molecule has 61 valence electrons. The number of rotatable bonds is 3. The van der Waals surface area contributed by atoms with E-state index in [1.807, 2.05) is 0 Å². The van der Waals surface area contributed by atoms with E-state index in [1.54, 1.807) is 0 Å². The van der Waals surface area contributed by atoms with Crippen LogP contribution < -0.4 is 0 Å². The first-order valence-corrected chi connectivity index (χ1v) is 4.33. The summed E-state index contributed by atoms with van der Waals surface area (Å²) in [4.78, 5) is 2.36. The molecular weight excluding hydrogens is 134 g/mol. The molecule has 0 aliphatic heterocycles. The third-order valence-electron chi connectivity index (χ3n) is 1.99. The lowest BCUT2D eigenvalue weighted by molar-refractivity contribution is 0.386. The van der Waals surface area contributed by atoms with Gasteiger partial charge in [-0.05, 0) is 26.3 Å². The summed E-state index contributed by atoms with van der Waals surface area (Å²) in [6.45, 7) is 6.59. The molecule has 0 heterocycles. The van der Waals surface area contributed by atoms with E-state index < -0.39 is 0 Å². The SMILES string of the molecule is CCN(CC)C1=CC=CC[CH]1. The van der Waals surface area contributed by atoms with Crippen LogP contribution in [0.5, 0.6) is 0 Å². The summed E-state index contributed by atoms with van der Waals surface area (Å²) in [6.07, 6.45) is 9.84. The Kier molecular flexibility index (Phi) is 3.21. The van der Waals surface area contributed by atoms with Crippen molar-refractivity contribution in [1.82, 2.24) is 4.90 Å². The summed E-state index contributed by atoms with van der Waals surface area (Å²) in [6, 6.07) is 0. The summed E-state index contributed by atoms with van der Waals surface area (Å²) in [5, 5.41) is 0. The van der Waals surface area contributed by atoms with E-state index in [9.17, 15) is 0 Å². The molecule has 0 N–H and O–H groups in total. The minimum Gasteiger partial charge on any atom is -0.375 e. The maximum atomic E-state index is 2.36. The van der Waals surface area contributed by atoms with Gasteiger partial charge in [0.25, 0.3) is 0 Å². The van der Waals surface area contributed by atoms with Gasteiger partial charge >= 0.3 is 0 Å². The fourth-order valence-electron chi connectivity index (χ4n) is 1.33. The molecule has 0 aromatic heterocycles. The Morgan fingerprint density at radius 2 is 2.09 bits per heavy atom. The molecule has 11 heavy (non-hydrogen) atoms. The molecule has 1 radical (unpaired) electrons. The largest absolute Gasteiger partial charge is 0.375 e. The molecular formula is C10H16N. The predicted octanol–water partition coefficient (Wildman–Crippen LogP) is 2.38. The van der Waals surface area contributed by atoms with Crippen LogP contribution in [0.4, 0.5) is 0 Å². The quantitative estimate of drug-likeness (QED) is 0.597. The first-order valence-electron chi connectivity index (χ1n) is 4.33. The second-order valence-electron chi connectivity index (χ2n) is 2.63. The zero-order valence-corrected chi connectivity index (χ0v) is 7.38. The van der Waals surface area contributed by atoms with Crippen molar-refractivity contribution in [2.75, 3.05) is 13.1 Å². The van der Waals surface area contributed by atoms with E-state index in [1.165, 1.54) is 5.70 Å². The zero-order valence-electron chi connectivity index (χ0n) is 7.38. The number of allylic oxidation sites excluding steroid dienone is 4. The Balaban J connectivity index is 2.56. The molecule has 0 bridgehead atoms. The standard InChI is InChI=1S/C10H16N/c1-3-11(4-2)10-8-6-5-7-9-10/h5-6,8-9H,3-4,7H2,1-2H3. The maximum Gasteiger partial charge on any atom is 0.0174 e. The molecule has 0 saturated carbocycles. The van der Waals surface area contributed by atoms with Gasteiger partial charge in [-0.3, -0.25) is 0 Å². The van der Waals surface area contributed by atoms with Crippen LogP contribution in [0.1, 0.15) is 20.3 Å². The molecule has 1 aliphatic rings. The van der Waals surface area contributed by atoms with Crippen LogP contribution in [0, 0.1) is 6.42 Å². The third kappa shape index (κ3) is 2.11. The molecule has 0 aromatic carbocycles. The van der Waals surface area contributed by atoms with Crippen LogP contribution in [-0.2, 0) is 0 Å². The highest BCUT2D eigenvalue weighted by atomic mass is 15.1. The van der Waals surface area contributed by atoms with Crippen LogP contribution in [0.15, 0.2) is 23.9 Å². The monoisotopic (exact) mass is 150 g/mol. The smallest absolute Gasteiger partial charge is 0.0174 e. The number of hydrogen-bond acceptors (Lipinski definition) is 1. The van der Waals surface area contributed by atoms with Gasteiger partial charge in [0.1, 0.15) is 0 Å². The minimum absolute atomic E-state index is 1.09. The van der Waals surface area contributed by atoms with Gasteiger partial charge in [0.15, 0.2) is 0 Å². The van der Waals surface area contributed by atoms with Crippen LogP contribution in [-0.4, -0.2) is 18.0 Å². The average Bonchev–Trinajstić information content (AvgIpc) is 2.09. The molecule has 0 amide bonds. The first kappa shape index (κ1) is 8.38. The molecule has 0 atom stereocenters. The predicted molar refractivity (Wildman–Crippen MR) is 49.1 cm³/mol. The number of nitrogens with zero attached hydrogens (tertiary/aromatic N) is 1. The van der Waals surface area contributed by atoms with Crippen molar-refractivity contribution in [3.05, 3.63) is 30.3 Å². The highest BCUT2D eigenvalue weighted by molar-refractivity contribution is 5.24. The van der Waals surface area contributed by atoms with Gasteiger partial charge in [-0.15, -0.1) is 0 Å². The fourth-order valence-corrected chi connectivity index (χ4v) is 1.33. The lowest BCUT2D eigenvalue weighted by Crippen LogP contribution is -2.22. The lowest BCUT2D eigenvalue weighted by Gasteiger charge is -2.24. The molecule has 0 spiro atoms. The summed E-state index contributed by atoms with van der Waals surface area (Å²) in [5.41, 5.74) is 1.37. The molecule has 1 rings (SSSR count). The molecule has 0 saturated heterocycles. The fraction of sp³-hybridized carbons (Fsp3) is 0.500. The summed E-state index contributed by atoms with van der Waals surface area (Å²) >= 11 is 0. The van der Waals surface area contributed by atoms with Gasteiger partial charge in [0, 0.05) is 25.2 Å². The summed E-state index contributed by atoms with van der Waals surface area (Å²) < 4.78 is 0. The van der Waals surface area contributed by atoms with E-state index >= 15 is 0 Å². The van der Waals surface area contributed by atoms with Gasteiger partial charge in [-0.2, -0.15) is 0 Å². The van der Waals surface area contributed by atoms with Crippen molar-refractivity contribution in [2.24, 2.45) is 0 Å². The highest BCUT2D eigenvalue weighted by Crippen LogP contribution is 2.14. The van der Waals surface area contributed by atoms with Gasteiger partial charge in [0.05, 0.1) is 0 Å². The van der Waals surface area contributed by atoms with Gasteiger partial charge < -0.3 is 4.90 Å². The molecule has 0 fully saturated rings. The topological polar surface area (TPSA) is 3.24 Å². The third-order valence-corrected chi connectivity index (χ3v) is 1.99. The van der Waals surface area contributed by atoms with E-state index in [2.05, 4.69) is 43.4 Å². The van der Waals surface area contributed by atoms with E-state index in [4.69, 9.17) is 0 Å². The normalized spacial score (nSPS) is 16.4. The van der Waals surface area contributed by atoms with Crippen LogP contribution >= 0.6 is 0 Å². The average molecular weight is 150 g/mol. The van der Waals surface area contributed by atoms with Crippen molar-refractivity contribution in [1.29, 1.82) is 0 Å². The Morgan fingerprint density at radius 3 is 2.55 bits per heavy atom. The molecule has 1 nitrogen and oxygen atoms in total. The van der Waals surface area contributed by atoms with Crippen LogP contribution in [0.2, 0.25) is 0 Å². The maximum absolute atomic E-state index is 2.36. The van der Waals surface area contributed by atoms with Crippen LogP contribution in [0.3, 0.4) is 0 Å². The number of hydrogen-bond donors (Lipinski definition) is 0. The van der Waals surface area contributed by atoms with E-state index in [0.717, 1.165) is 19.5 Å². The van der Waals surface area contributed by atoms with Gasteiger partial charge in [-0.25, -0.2) is 0 Å². The van der Waals surface area contributed by atoms with E-state index in [0.29, 0.717) is 0 Å². The summed E-state index contributed by atoms with van der Waals surface area (Å²) in [5.74, 6) is 0. The highest BCUT2D eigenvalue weighted by Gasteiger charge is 2.05. The van der Waals surface area contributed by atoms with Crippen LogP contribution in [0.25, 0.3) is 0 Å². The zero-order chi connectivity index (χ0) is 8.10. The Hall–Kier alpha value is -0.720. The van der Waals surface area contributed by atoms with E-state index in [-0.39, 0.29) is 0 Å². The second kappa shape index (κ2) is 4.22. The molecule has 0 aromatic rings. The van der Waals surface area contributed by atoms with Crippen molar-refractivity contribution in [2.45, 2.75) is 20.3 Å².